The molecule has 0 bridgehead atoms. The van der Waals surface area contributed by atoms with E-state index in [0.29, 0.717) is 12.1 Å². The SMILES string of the molecule is CCCN(Cc1ccccn1)c1c([N+](=O)[O-])cc(S(=O)(=O)Cl)cc1[N+](=O)[O-]. The number of aromatic nitrogens is 1. The molecule has 0 aliphatic heterocycles. The Morgan fingerprint density at radius 2 is 1.74 bits per heavy atom. The molecule has 0 unspecified atom stereocenters. The summed E-state index contributed by atoms with van der Waals surface area (Å²) in [7, 11) is 0.842. The molecule has 1 aromatic heterocycles. The molecule has 0 aliphatic carbocycles. The smallest absolute Gasteiger partial charge is 0.301 e. The normalized spacial score (nSPS) is 11.2. The Morgan fingerprint density at radius 1 is 1.15 bits per heavy atom. The lowest BCUT2D eigenvalue weighted by molar-refractivity contribution is -0.393. The van der Waals surface area contributed by atoms with Crippen LogP contribution in [-0.2, 0) is 15.6 Å². The quantitative estimate of drug-likeness (QED) is 0.364. The van der Waals surface area contributed by atoms with E-state index in [0.717, 1.165) is 12.1 Å². The highest BCUT2D eigenvalue weighted by Gasteiger charge is 2.33. The summed E-state index contributed by atoms with van der Waals surface area (Å²) in [5.41, 5.74) is -1.18. The second-order valence-corrected chi connectivity index (χ2v) is 8.07. The summed E-state index contributed by atoms with van der Waals surface area (Å²) in [6.07, 6.45) is 2.07. The number of rotatable bonds is 8. The van der Waals surface area contributed by atoms with Gasteiger partial charge < -0.3 is 4.90 Å². The Balaban J connectivity index is 2.73. The predicted octanol–water partition coefficient (Wildman–Crippen LogP) is 3.24. The number of hydrogen-bond acceptors (Lipinski definition) is 8. The fraction of sp³-hybridized carbons (Fsp3) is 0.267. The maximum atomic E-state index is 11.6. The molecule has 2 aromatic rings. The number of hydrogen-bond donors (Lipinski definition) is 0. The first-order chi connectivity index (χ1) is 12.6. The summed E-state index contributed by atoms with van der Waals surface area (Å²) in [4.78, 5) is 26.2. The van der Waals surface area contributed by atoms with Crippen molar-refractivity contribution in [3.8, 4) is 0 Å². The largest absolute Gasteiger partial charge is 0.354 e. The number of benzene rings is 1. The third-order valence-electron chi connectivity index (χ3n) is 3.61. The van der Waals surface area contributed by atoms with Gasteiger partial charge >= 0.3 is 11.4 Å². The maximum absolute atomic E-state index is 11.6. The second-order valence-electron chi connectivity index (χ2n) is 5.50. The Bertz CT molecular complexity index is 933. The minimum absolute atomic E-state index is 0.0727. The number of nitrogens with zero attached hydrogens (tertiary/aromatic N) is 4. The monoisotopic (exact) mass is 414 g/mol. The van der Waals surface area contributed by atoms with Crippen LogP contribution in [0, 0.1) is 20.2 Å². The van der Waals surface area contributed by atoms with Crippen molar-refractivity contribution in [1.29, 1.82) is 0 Å². The van der Waals surface area contributed by atoms with Crippen molar-refractivity contribution in [3.63, 3.8) is 0 Å². The average molecular weight is 415 g/mol. The van der Waals surface area contributed by atoms with E-state index >= 15 is 0 Å². The molecule has 27 heavy (non-hydrogen) atoms. The molecule has 2 rings (SSSR count). The van der Waals surface area contributed by atoms with Gasteiger partial charge in [-0.2, -0.15) is 0 Å². The van der Waals surface area contributed by atoms with Gasteiger partial charge in [0, 0.05) is 35.6 Å². The van der Waals surface area contributed by atoms with Crippen LogP contribution in [0.5, 0.6) is 0 Å². The van der Waals surface area contributed by atoms with E-state index in [1.807, 2.05) is 0 Å². The van der Waals surface area contributed by atoms with Crippen molar-refractivity contribution in [2.75, 3.05) is 11.4 Å². The topological polar surface area (TPSA) is 137 Å². The van der Waals surface area contributed by atoms with Crippen molar-refractivity contribution >= 4 is 36.8 Å². The Morgan fingerprint density at radius 3 is 2.15 bits per heavy atom. The van der Waals surface area contributed by atoms with Crippen LogP contribution >= 0.6 is 10.7 Å². The number of halogens is 1. The molecule has 0 amide bonds. The van der Waals surface area contributed by atoms with Gasteiger partial charge in [0.2, 0.25) is 0 Å². The van der Waals surface area contributed by atoms with Crippen molar-refractivity contribution in [2.24, 2.45) is 0 Å². The predicted molar refractivity (Wildman–Crippen MR) is 98.4 cm³/mol. The summed E-state index contributed by atoms with van der Waals surface area (Å²) in [5.74, 6) is 0. The molecule has 10 nitrogen and oxygen atoms in total. The lowest BCUT2D eigenvalue weighted by atomic mass is 10.2. The van der Waals surface area contributed by atoms with Gasteiger partial charge in [-0.3, -0.25) is 25.2 Å². The second kappa shape index (κ2) is 8.27. The van der Waals surface area contributed by atoms with E-state index in [1.165, 1.54) is 11.1 Å². The van der Waals surface area contributed by atoms with Crippen LogP contribution < -0.4 is 4.90 Å². The Labute approximate surface area is 159 Å². The van der Waals surface area contributed by atoms with Gasteiger partial charge in [-0.25, -0.2) is 8.42 Å². The van der Waals surface area contributed by atoms with E-state index in [1.54, 1.807) is 25.1 Å². The minimum atomic E-state index is -4.40. The first-order valence-electron chi connectivity index (χ1n) is 7.71. The lowest BCUT2D eigenvalue weighted by Crippen LogP contribution is -2.26. The van der Waals surface area contributed by atoms with Crippen molar-refractivity contribution in [3.05, 3.63) is 62.5 Å². The molecule has 0 spiro atoms. The van der Waals surface area contributed by atoms with Crippen LogP contribution in [0.1, 0.15) is 19.0 Å². The third-order valence-corrected chi connectivity index (χ3v) is 4.94. The zero-order valence-corrected chi connectivity index (χ0v) is 15.7. The first kappa shape index (κ1) is 20.5. The van der Waals surface area contributed by atoms with E-state index in [2.05, 4.69) is 4.98 Å². The van der Waals surface area contributed by atoms with Gasteiger partial charge in [-0.15, -0.1) is 0 Å². The van der Waals surface area contributed by atoms with E-state index in [4.69, 9.17) is 10.7 Å². The Kier molecular flexibility index (Phi) is 6.28. The van der Waals surface area contributed by atoms with Crippen LogP contribution in [-0.4, -0.2) is 29.8 Å². The summed E-state index contributed by atoms with van der Waals surface area (Å²) in [6.45, 7) is 2.13. The highest BCUT2D eigenvalue weighted by atomic mass is 35.7. The zero-order chi connectivity index (χ0) is 20.2. The molecule has 0 atom stereocenters. The molecular formula is C15H15ClN4O6S. The lowest BCUT2D eigenvalue weighted by Gasteiger charge is -2.23. The van der Waals surface area contributed by atoms with Gasteiger partial charge in [0.25, 0.3) is 9.05 Å². The molecule has 0 N–H and O–H groups in total. The van der Waals surface area contributed by atoms with Crippen LogP contribution in [0.4, 0.5) is 17.1 Å². The molecular weight excluding hydrogens is 400 g/mol. The fourth-order valence-electron chi connectivity index (χ4n) is 2.55. The molecule has 0 saturated carbocycles. The van der Waals surface area contributed by atoms with E-state index in [-0.39, 0.29) is 18.8 Å². The van der Waals surface area contributed by atoms with Crippen LogP contribution in [0.2, 0.25) is 0 Å². The van der Waals surface area contributed by atoms with Crippen LogP contribution in [0.25, 0.3) is 0 Å². The molecule has 144 valence electrons. The van der Waals surface area contributed by atoms with Gasteiger partial charge in [0.1, 0.15) is 0 Å². The summed E-state index contributed by atoms with van der Waals surface area (Å²) < 4.78 is 23.2. The number of nitro benzene ring substituents is 2. The van der Waals surface area contributed by atoms with Crippen LogP contribution in [0.3, 0.4) is 0 Å². The molecule has 0 saturated heterocycles. The number of anilines is 1. The zero-order valence-electron chi connectivity index (χ0n) is 14.1. The molecule has 1 aromatic carbocycles. The van der Waals surface area contributed by atoms with Gasteiger partial charge in [-0.1, -0.05) is 13.0 Å². The molecule has 1 heterocycles. The summed E-state index contributed by atoms with van der Waals surface area (Å²) >= 11 is 0. The Hall–Kier alpha value is -2.79. The van der Waals surface area contributed by atoms with Gasteiger partial charge in [0.15, 0.2) is 5.69 Å². The molecule has 0 radical (unpaired) electrons. The fourth-order valence-corrected chi connectivity index (χ4v) is 3.32. The summed E-state index contributed by atoms with van der Waals surface area (Å²) in [6, 6.07) is 6.55. The van der Waals surface area contributed by atoms with E-state index in [9.17, 15) is 28.6 Å². The maximum Gasteiger partial charge on any atom is 0.301 e. The molecule has 12 heteroatoms. The molecule has 0 fully saturated rings. The van der Waals surface area contributed by atoms with Crippen molar-refractivity contribution in [2.45, 2.75) is 24.8 Å². The average Bonchev–Trinajstić information content (AvgIpc) is 2.60. The molecule has 0 aliphatic rings. The van der Waals surface area contributed by atoms with Gasteiger partial charge in [0.05, 0.1) is 27.0 Å². The standard InChI is InChI=1S/C15H15ClN4O6S/c1-2-7-18(10-11-5-3-4-6-17-11)15-13(19(21)22)8-12(27(16,25)26)9-14(15)20(23)24/h3-6,8-9H,2,7,10H2,1H3. The third kappa shape index (κ3) is 4.89. The van der Waals surface area contributed by atoms with Crippen molar-refractivity contribution in [1.82, 2.24) is 4.98 Å². The summed E-state index contributed by atoms with van der Waals surface area (Å²) in [5, 5.41) is 23.1. The first-order valence-corrected chi connectivity index (χ1v) is 10.0. The highest BCUT2D eigenvalue weighted by molar-refractivity contribution is 8.13. The highest BCUT2D eigenvalue weighted by Crippen LogP contribution is 2.41. The van der Waals surface area contributed by atoms with Crippen LogP contribution in [0.15, 0.2) is 41.4 Å². The number of pyridine rings is 1. The van der Waals surface area contributed by atoms with E-state index < -0.39 is 35.2 Å². The number of nitro groups is 2. The van der Waals surface area contributed by atoms with Crippen molar-refractivity contribution < 1.29 is 18.3 Å². The van der Waals surface area contributed by atoms with Gasteiger partial charge in [-0.05, 0) is 18.6 Å². The minimum Gasteiger partial charge on any atom is -0.354 e.